The van der Waals surface area contributed by atoms with Crippen LogP contribution in [0.25, 0.3) is 0 Å². The van der Waals surface area contributed by atoms with Crippen LogP contribution in [-0.2, 0) is 19.7 Å². The Hall–Kier alpha value is -0.990. The van der Waals surface area contributed by atoms with Crippen molar-refractivity contribution in [1.29, 1.82) is 0 Å². The molecule has 0 radical (unpaired) electrons. The Kier molecular flexibility index (Phi) is 3.58. The minimum absolute atomic E-state index is 0.0337. The number of rotatable bonds is 4. The van der Waals surface area contributed by atoms with Crippen LogP contribution in [0.2, 0.25) is 0 Å². The molecule has 1 aliphatic carbocycles. The molecule has 0 aromatic heterocycles. The van der Waals surface area contributed by atoms with Gasteiger partial charge in [-0.1, -0.05) is 0 Å². The number of benzene rings is 1. The fourth-order valence-electron chi connectivity index (χ4n) is 2.63. The van der Waals surface area contributed by atoms with E-state index in [-0.39, 0.29) is 22.4 Å². The maximum Gasteiger partial charge on any atom is 0.183 e. The van der Waals surface area contributed by atoms with E-state index in [1.807, 2.05) is 0 Å². The van der Waals surface area contributed by atoms with Crippen molar-refractivity contribution in [1.82, 2.24) is 5.32 Å². The first-order chi connectivity index (χ1) is 9.78. The fourth-order valence-corrected chi connectivity index (χ4v) is 7.31. The predicted molar refractivity (Wildman–Crippen MR) is 76.0 cm³/mol. The molecule has 1 aliphatic heterocycles. The summed E-state index contributed by atoms with van der Waals surface area (Å²) in [7, 11) is -7.18. The van der Waals surface area contributed by atoms with Gasteiger partial charge in [0.2, 0.25) is 0 Å². The molecular weight excluding hydrogens is 317 g/mol. The molecular formula is C13H16FNO4S2. The number of hydrogen-bond acceptors (Lipinski definition) is 5. The Bertz CT molecular complexity index is 739. The van der Waals surface area contributed by atoms with Crippen molar-refractivity contribution in [2.24, 2.45) is 0 Å². The van der Waals surface area contributed by atoms with E-state index in [0.717, 1.165) is 25.0 Å². The Labute approximate surface area is 123 Å². The second-order valence-corrected chi connectivity index (χ2v) is 9.98. The highest BCUT2D eigenvalue weighted by molar-refractivity contribution is 7.96. The van der Waals surface area contributed by atoms with Gasteiger partial charge in [0.15, 0.2) is 19.7 Å². The van der Waals surface area contributed by atoms with Crippen LogP contribution in [0.5, 0.6) is 0 Å². The molecule has 5 nitrogen and oxygen atoms in total. The Morgan fingerprint density at radius 1 is 1.10 bits per heavy atom. The molecule has 1 aromatic carbocycles. The second-order valence-electron chi connectivity index (χ2n) is 5.66. The SMILES string of the molecule is O=S1(=O)CC(NC2CC2)C(S(=O)(=O)c2ccc(F)cc2)C1. The molecule has 1 saturated carbocycles. The average Bonchev–Trinajstić information content (AvgIpc) is 3.13. The normalized spacial score (nSPS) is 28.6. The van der Waals surface area contributed by atoms with Crippen molar-refractivity contribution in [3.05, 3.63) is 30.1 Å². The molecule has 2 unspecified atom stereocenters. The lowest BCUT2D eigenvalue weighted by Gasteiger charge is -2.19. The van der Waals surface area contributed by atoms with E-state index in [1.54, 1.807) is 0 Å². The topological polar surface area (TPSA) is 80.3 Å². The summed E-state index contributed by atoms with van der Waals surface area (Å²) in [4.78, 5) is -0.0337. The maximum absolute atomic E-state index is 12.9. The Morgan fingerprint density at radius 3 is 2.29 bits per heavy atom. The Morgan fingerprint density at radius 2 is 1.71 bits per heavy atom. The molecule has 0 bridgehead atoms. The predicted octanol–water partition coefficient (Wildman–Crippen LogP) is 0.517. The zero-order valence-electron chi connectivity index (χ0n) is 11.2. The number of sulfone groups is 2. The molecule has 2 fully saturated rings. The van der Waals surface area contributed by atoms with E-state index in [0.29, 0.717) is 0 Å². The molecule has 21 heavy (non-hydrogen) atoms. The van der Waals surface area contributed by atoms with Crippen molar-refractivity contribution in [3.63, 3.8) is 0 Å². The van der Waals surface area contributed by atoms with Crippen molar-refractivity contribution in [2.75, 3.05) is 11.5 Å². The second kappa shape index (κ2) is 5.03. The van der Waals surface area contributed by atoms with Crippen molar-refractivity contribution in [3.8, 4) is 0 Å². The minimum atomic E-state index is -3.80. The highest BCUT2D eigenvalue weighted by atomic mass is 32.2. The summed E-state index contributed by atoms with van der Waals surface area (Å²) in [6.45, 7) is 0. The van der Waals surface area contributed by atoms with Gasteiger partial charge in [-0.2, -0.15) is 0 Å². The minimum Gasteiger partial charge on any atom is -0.309 e. The quantitative estimate of drug-likeness (QED) is 0.813. The number of halogens is 1. The van der Waals surface area contributed by atoms with Gasteiger partial charge in [-0.25, -0.2) is 21.2 Å². The number of nitrogens with one attached hydrogen (secondary N) is 1. The molecule has 1 heterocycles. The molecule has 1 saturated heterocycles. The van der Waals surface area contributed by atoms with Crippen molar-refractivity contribution in [2.45, 2.75) is 35.1 Å². The maximum atomic E-state index is 12.9. The summed E-state index contributed by atoms with van der Waals surface area (Å²) >= 11 is 0. The van der Waals surface area contributed by atoms with Gasteiger partial charge >= 0.3 is 0 Å². The van der Waals surface area contributed by atoms with Crippen LogP contribution in [0.1, 0.15) is 12.8 Å². The van der Waals surface area contributed by atoms with Gasteiger partial charge in [-0.05, 0) is 37.1 Å². The van der Waals surface area contributed by atoms with Crippen LogP contribution in [-0.4, -0.2) is 45.7 Å². The Balaban J connectivity index is 1.93. The van der Waals surface area contributed by atoms with E-state index in [9.17, 15) is 21.2 Å². The van der Waals surface area contributed by atoms with E-state index < -0.39 is 36.8 Å². The lowest BCUT2D eigenvalue weighted by atomic mass is 10.2. The molecule has 8 heteroatoms. The molecule has 2 atom stereocenters. The first-order valence-electron chi connectivity index (χ1n) is 6.74. The van der Waals surface area contributed by atoms with Gasteiger partial charge in [0, 0.05) is 12.1 Å². The molecule has 0 spiro atoms. The van der Waals surface area contributed by atoms with Gasteiger partial charge in [0.05, 0.1) is 21.7 Å². The average molecular weight is 333 g/mol. The van der Waals surface area contributed by atoms with E-state index in [4.69, 9.17) is 0 Å². The smallest absolute Gasteiger partial charge is 0.183 e. The first kappa shape index (κ1) is 14.9. The standard InChI is InChI=1S/C13H16FNO4S2/c14-9-1-5-11(6-2-9)21(18,19)13-8-20(16,17)7-12(13)15-10-3-4-10/h1-2,5-6,10,12-13,15H,3-4,7-8H2. The largest absolute Gasteiger partial charge is 0.309 e. The molecule has 3 rings (SSSR count). The zero-order valence-corrected chi connectivity index (χ0v) is 12.8. The highest BCUT2D eigenvalue weighted by Crippen LogP contribution is 2.29. The third kappa shape index (κ3) is 3.12. The van der Waals surface area contributed by atoms with Gasteiger partial charge in [0.25, 0.3) is 0 Å². The lowest BCUT2D eigenvalue weighted by Crippen LogP contribution is -2.44. The summed E-state index contributed by atoms with van der Waals surface area (Å²) in [5, 5.41) is 2.11. The molecule has 0 amide bonds. The van der Waals surface area contributed by atoms with Crippen LogP contribution in [0.4, 0.5) is 4.39 Å². The van der Waals surface area contributed by atoms with Crippen LogP contribution < -0.4 is 5.32 Å². The van der Waals surface area contributed by atoms with Crippen LogP contribution >= 0.6 is 0 Å². The molecule has 1 aromatic rings. The monoisotopic (exact) mass is 333 g/mol. The summed E-state index contributed by atoms with van der Waals surface area (Å²) in [6.07, 6.45) is 1.89. The van der Waals surface area contributed by atoms with Crippen LogP contribution in [0.3, 0.4) is 0 Å². The summed E-state index contributed by atoms with van der Waals surface area (Å²) in [5.41, 5.74) is 0. The number of hydrogen-bond donors (Lipinski definition) is 1. The summed E-state index contributed by atoms with van der Waals surface area (Å²) in [6, 6.07) is 4.14. The summed E-state index contributed by atoms with van der Waals surface area (Å²) in [5.74, 6) is -1.06. The summed E-state index contributed by atoms with van der Waals surface area (Å²) < 4.78 is 61.8. The van der Waals surface area contributed by atoms with Gasteiger partial charge < -0.3 is 5.32 Å². The van der Waals surface area contributed by atoms with Gasteiger partial charge in [-0.3, -0.25) is 0 Å². The zero-order chi connectivity index (χ0) is 15.3. The molecule has 116 valence electrons. The van der Waals surface area contributed by atoms with Crippen LogP contribution in [0.15, 0.2) is 29.2 Å². The van der Waals surface area contributed by atoms with Gasteiger partial charge in [-0.15, -0.1) is 0 Å². The van der Waals surface area contributed by atoms with Crippen molar-refractivity contribution >= 4 is 19.7 Å². The molecule has 1 N–H and O–H groups in total. The van der Waals surface area contributed by atoms with Crippen molar-refractivity contribution < 1.29 is 21.2 Å². The van der Waals surface area contributed by atoms with E-state index in [1.165, 1.54) is 12.1 Å². The first-order valence-corrected chi connectivity index (χ1v) is 10.1. The highest BCUT2D eigenvalue weighted by Gasteiger charge is 2.47. The third-order valence-corrected chi connectivity index (χ3v) is 8.03. The molecule has 2 aliphatic rings. The fraction of sp³-hybridized carbons (Fsp3) is 0.538. The lowest BCUT2D eigenvalue weighted by molar-refractivity contribution is 0.524. The van der Waals surface area contributed by atoms with Crippen LogP contribution in [0, 0.1) is 5.82 Å². The van der Waals surface area contributed by atoms with E-state index in [2.05, 4.69) is 5.32 Å². The van der Waals surface area contributed by atoms with E-state index >= 15 is 0 Å². The van der Waals surface area contributed by atoms with Gasteiger partial charge in [0.1, 0.15) is 5.82 Å². The third-order valence-electron chi connectivity index (χ3n) is 3.87.